The molecule has 1 aromatic heterocycles. The summed E-state index contributed by atoms with van der Waals surface area (Å²) in [6.45, 7) is 4.00. The summed E-state index contributed by atoms with van der Waals surface area (Å²) in [5, 5.41) is 4.39. The number of hydrogen-bond donors (Lipinski definition) is 1. The fraction of sp³-hybridized carbons (Fsp3) is 0.308. The van der Waals surface area contributed by atoms with Gasteiger partial charge in [0.05, 0.1) is 18.8 Å². The first kappa shape index (κ1) is 11.5. The van der Waals surface area contributed by atoms with Crippen LogP contribution >= 0.6 is 0 Å². The average molecular weight is 231 g/mol. The zero-order chi connectivity index (χ0) is 12.4. The Morgan fingerprint density at radius 1 is 1.35 bits per heavy atom. The summed E-state index contributed by atoms with van der Waals surface area (Å²) in [6, 6.07) is 9.91. The number of aryl methyl sites for hydroxylation is 1. The molecule has 0 fully saturated rings. The zero-order valence-electron chi connectivity index (χ0n) is 10.3. The van der Waals surface area contributed by atoms with Gasteiger partial charge >= 0.3 is 0 Å². The second-order valence-corrected chi connectivity index (χ2v) is 4.11. The Morgan fingerprint density at radius 2 is 2.12 bits per heavy atom. The highest BCUT2D eigenvalue weighted by atomic mass is 16.5. The van der Waals surface area contributed by atoms with Gasteiger partial charge in [-0.05, 0) is 31.5 Å². The number of hydrogen-bond acceptors (Lipinski definition) is 3. The molecular weight excluding hydrogens is 214 g/mol. The lowest BCUT2D eigenvalue weighted by Crippen LogP contribution is -2.11. The molecule has 0 aliphatic rings. The molecule has 0 spiro atoms. The predicted molar refractivity (Wildman–Crippen MR) is 68.2 cm³/mol. The van der Waals surface area contributed by atoms with Crippen LogP contribution in [0.2, 0.25) is 0 Å². The molecule has 1 aromatic carbocycles. The number of anilines is 1. The molecule has 17 heavy (non-hydrogen) atoms. The number of nitrogens with zero attached hydrogens (tertiary/aromatic N) is 2. The molecule has 0 saturated carbocycles. The van der Waals surface area contributed by atoms with E-state index >= 15 is 0 Å². The van der Waals surface area contributed by atoms with Gasteiger partial charge in [0, 0.05) is 6.07 Å². The summed E-state index contributed by atoms with van der Waals surface area (Å²) in [4.78, 5) is 0. The number of nitrogen functional groups attached to an aromatic ring is 1. The molecule has 2 N–H and O–H groups in total. The third-order valence-electron chi connectivity index (χ3n) is 2.83. The molecule has 2 rings (SSSR count). The normalized spacial score (nSPS) is 12.4. The number of nitrogens with two attached hydrogens (primary N) is 1. The van der Waals surface area contributed by atoms with Crippen molar-refractivity contribution in [3.8, 4) is 5.75 Å². The van der Waals surface area contributed by atoms with Crippen molar-refractivity contribution in [1.29, 1.82) is 0 Å². The third-order valence-corrected chi connectivity index (χ3v) is 2.83. The van der Waals surface area contributed by atoms with Gasteiger partial charge in [-0.25, -0.2) is 4.68 Å². The second kappa shape index (κ2) is 4.49. The molecule has 0 amide bonds. The van der Waals surface area contributed by atoms with Crippen LogP contribution in [-0.2, 0) is 0 Å². The van der Waals surface area contributed by atoms with Crippen molar-refractivity contribution in [2.75, 3.05) is 12.8 Å². The Labute approximate surface area is 101 Å². The molecular formula is C13H17N3O. The largest absolute Gasteiger partial charge is 0.497 e. The first-order valence-corrected chi connectivity index (χ1v) is 5.57. The number of methoxy groups -OCH3 is 1. The number of benzene rings is 1. The lowest BCUT2D eigenvalue weighted by molar-refractivity contribution is 0.413. The predicted octanol–water partition coefficient (Wildman–Crippen LogP) is 2.39. The standard InChI is InChI=1S/C13H17N3O/c1-9-7-13(14)16(15-9)10(2)11-5-4-6-12(8-11)17-3/h4-8,10H,14H2,1-3H3. The molecule has 0 bridgehead atoms. The summed E-state index contributed by atoms with van der Waals surface area (Å²) < 4.78 is 7.04. The van der Waals surface area contributed by atoms with Crippen LogP contribution in [0.4, 0.5) is 5.82 Å². The average Bonchev–Trinajstić information content (AvgIpc) is 2.67. The van der Waals surface area contributed by atoms with Crippen LogP contribution in [0.15, 0.2) is 30.3 Å². The van der Waals surface area contributed by atoms with E-state index in [2.05, 4.69) is 12.0 Å². The van der Waals surface area contributed by atoms with Crippen LogP contribution < -0.4 is 10.5 Å². The minimum Gasteiger partial charge on any atom is -0.497 e. The van der Waals surface area contributed by atoms with E-state index in [1.165, 1.54) is 0 Å². The fourth-order valence-electron chi connectivity index (χ4n) is 1.89. The van der Waals surface area contributed by atoms with E-state index in [0.717, 1.165) is 17.0 Å². The van der Waals surface area contributed by atoms with E-state index in [4.69, 9.17) is 10.5 Å². The van der Waals surface area contributed by atoms with E-state index in [1.54, 1.807) is 7.11 Å². The van der Waals surface area contributed by atoms with Crippen molar-refractivity contribution in [3.05, 3.63) is 41.6 Å². The van der Waals surface area contributed by atoms with Gasteiger partial charge in [-0.1, -0.05) is 12.1 Å². The summed E-state index contributed by atoms with van der Waals surface area (Å²) in [5.74, 6) is 1.52. The quantitative estimate of drug-likeness (QED) is 0.882. The van der Waals surface area contributed by atoms with Gasteiger partial charge in [0.15, 0.2) is 0 Å². The molecule has 4 nitrogen and oxygen atoms in total. The Bertz CT molecular complexity index is 519. The van der Waals surface area contributed by atoms with Gasteiger partial charge in [0.25, 0.3) is 0 Å². The fourth-order valence-corrected chi connectivity index (χ4v) is 1.89. The van der Waals surface area contributed by atoms with Crippen molar-refractivity contribution in [2.24, 2.45) is 0 Å². The minimum atomic E-state index is 0.0961. The summed E-state index contributed by atoms with van der Waals surface area (Å²) >= 11 is 0. The van der Waals surface area contributed by atoms with Crippen molar-refractivity contribution >= 4 is 5.82 Å². The first-order chi connectivity index (χ1) is 8.11. The van der Waals surface area contributed by atoms with Crippen LogP contribution in [0.5, 0.6) is 5.75 Å². The van der Waals surface area contributed by atoms with Crippen molar-refractivity contribution in [2.45, 2.75) is 19.9 Å². The van der Waals surface area contributed by atoms with Gasteiger partial charge in [0.1, 0.15) is 11.6 Å². The van der Waals surface area contributed by atoms with Crippen LogP contribution in [0, 0.1) is 6.92 Å². The zero-order valence-corrected chi connectivity index (χ0v) is 10.3. The van der Waals surface area contributed by atoms with Gasteiger partial charge in [-0.3, -0.25) is 0 Å². The molecule has 0 aliphatic carbocycles. The van der Waals surface area contributed by atoms with Gasteiger partial charge < -0.3 is 10.5 Å². The van der Waals surface area contributed by atoms with E-state index in [9.17, 15) is 0 Å². The second-order valence-electron chi connectivity index (χ2n) is 4.11. The molecule has 0 aliphatic heterocycles. The maximum atomic E-state index is 5.92. The molecule has 4 heteroatoms. The molecule has 0 radical (unpaired) electrons. The molecule has 1 unspecified atom stereocenters. The Morgan fingerprint density at radius 3 is 2.71 bits per heavy atom. The van der Waals surface area contributed by atoms with Crippen molar-refractivity contribution in [1.82, 2.24) is 9.78 Å². The maximum Gasteiger partial charge on any atom is 0.122 e. The highest BCUT2D eigenvalue weighted by molar-refractivity contribution is 5.35. The van der Waals surface area contributed by atoms with E-state index in [-0.39, 0.29) is 6.04 Å². The minimum absolute atomic E-state index is 0.0961. The lowest BCUT2D eigenvalue weighted by Gasteiger charge is -2.15. The van der Waals surface area contributed by atoms with Gasteiger partial charge in [-0.15, -0.1) is 0 Å². The number of rotatable bonds is 3. The summed E-state index contributed by atoms with van der Waals surface area (Å²) in [7, 11) is 1.66. The molecule has 1 heterocycles. The van der Waals surface area contributed by atoms with Crippen LogP contribution in [0.1, 0.15) is 24.2 Å². The monoisotopic (exact) mass is 231 g/mol. The van der Waals surface area contributed by atoms with Crippen LogP contribution in [0.3, 0.4) is 0 Å². The van der Waals surface area contributed by atoms with Gasteiger partial charge in [-0.2, -0.15) is 5.10 Å². The van der Waals surface area contributed by atoms with Crippen molar-refractivity contribution < 1.29 is 4.74 Å². The molecule has 2 aromatic rings. The van der Waals surface area contributed by atoms with Gasteiger partial charge in [0.2, 0.25) is 0 Å². The third kappa shape index (κ3) is 2.25. The van der Waals surface area contributed by atoms with E-state index < -0.39 is 0 Å². The summed E-state index contributed by atoms with van der Waals surface area (Å²) in [6.07, 6.45) is 0. The summed E-state index contributed by atoms with van der Waals surface area (Å²) in [5.41, 5.74) is 7.97. The maximum absolute atomic E-state index is 5.92. The van der Waals surface area contributed by atoms with E-state index in [1.807, 2.05) is 41.9 Å². The van der Waals surface area contributed by atoms with Crippen molar-refractivity contribution in [3.63, 3.8) is 0 Å². The number of ether oxygens (including phenoxy) is 1. The van der Waals surface area contributed by atoms with E-state index in [0.29, 0.717) is 5.82 Å². The first-order valence-electron chi connectivity index (χ1n) is 5.57. The molecule has 1 atom stereocenters. The highest BCUT2D eigenvalue weighted by Crippen LogP contribution is 2.24. The Balaban J connectivity index is 2.36. The molecule has 0 saturated heterocycles. The highest BCUT2D eigenvalue weighted by Gasteiger charge is 2.12. The SMILES string of the molecule is COc1cccc(C(C)n2nc(C)cc2N)c1. The lowest BCUT2D eigenvalue weighted by atomic mass is 10.1. The number of aromatic nitrogens is 2. The Hall–Kier alpha value is -1.97. The topological polar surface area (TPSA) is 53.1 Å². The Kier molecular flexibility index (Phi) is 3.04. The molecule has 90 valence electrons. The van der Waals surface area contributed by atoms with Crippen LogP contribution in [-0.4, -0.2) is 16.9 Å². The van der Waals surface area contributed by atoms with Crippen LogP contribution in [0.25, 0.3) is 0 Å². The smallest absolute Gasteiger partial charge is 0.122 e.